The molecule has 0 bridgehead atoms. The number of rotatable bonds is 3. The van der Waals surface area contributed by atoms with E-state index in [-0.39, 0.29) is 11.7 Å². The normalized spacial score (nSPS) is 26.8. The van der Waals surface area contributed by atoms with Crippen molar-refractivity contribution in [1.82, 2.24) is 4.90 Å². The molecule has 2 unspecified atom stereocenters. The summed E-state index contributed by atoms with van der Waals surface area (Å²) in [5.41, 5.74) is -0.315. The molecule has 84 valence electrons. The van der Waals surface area contributed by atoms with Crippen LogP contribution in [-0.2, 0) is 9.47 Å². The summed E-state index contributed by atoms with van der Waals surface area (Å²) in [5.74, 6) is 0. The highest BCUT2D eigenvalue weighted by Crippen LogP contribution is 2.18. The molecule has 4 nitrogen and oxygen atoms in total. The van der Waals surface area contributed by atoms with Gasteiger partial charge >= 0.3 is 0 Å². The van der Waals surface area contributed by atoms with Gasteiger partial charge in [0.2, 0.25) is 6.41 Å². The minimum Gasteiger partial charge on any atom is -0.380 e. The lowest BCUT2D eigenvalue weighted by Gasteiger charge is -2.29. The zero-order valence-corrected chi connectivity index (χ0v) is 9.49. The highest BCUT2D eigenvalue weighted by molar-refractivity contribution is 4.75. The predicted octanol–water partition coefficient (Wildman–Crippen LogP) is 0.798. The first-order chi connectivity index (χ1) is 6.42. The first-order valence-corrected chi connectivity index (χ1v) is 5.05. The summed E-state index contributed by atoms with van der Waals surface area (Å²) in [6.45, 7) is 7.36. The topological polar surface area (TPSA) is 41.9 Å². The third-order valence-electron chi connectivity index (χ3n) is 2.28. The van der Waals surface area contributed by atoms with E-state index >= 15 is 0 Å². The second-order valence-electron chi connectivity index (χ2n) is 4.70. The van der Waals surface area contributed by atoms with E-state index in [2.05, 4.69) is 0 Å². The SMILES string of the molecule is COC1CCN(C(O)OC(C)(C)C)C1. The van der Waals surface area contributed by atoms with Crippen molar-refractivity contribution < 1.29 is 14.6 Å². The lowest BCUT2D eigenvalue weighted by Crippen LogP contribution is -2.41. The van der Waals surface area contributed by atoms with Gasteiger partial charge in [-0.05, 0) is 27.2 Å². The minimum atomic E-state index is -0.810. The molecule has 0 saturated carbocycles. The molecule has 0 aromatic heterocycles. The van der Waals surface area contributed by atoms with Crippen molar-refractivity contribution in [3.8, 4) is 0 Å². The minimum absolute atomic E-state index is 0.230. The van der Waals surface area contributed by atoms with Crippen molar-refractivity contribution in [1.29, 1.82) is 0 Å². The summed E-state index contributed by atoms with van der Waals surface area (Å²) >= 11 is 0. The maximum absolute atomic E-state index is 9.75. The van der Waals surface area contributed by atoms with Gasteiger partial charge < -0.3 is 14.6 Å². The van der Waals surface area contributed by atoms with Gasteiger partial charge in [-0.3, -0.25) is 4.90 Å². The molecule has 0 aromatic carbocycles. The van der Waals surface area contributed by atoms with E-state index in [0.29, 0.717) is 0 Å². The number of hydrogen-bond acceptors (Lipinski definition) is 4. The molecule has 0 amide bonds. The van der Waals surface area contributed by atoms with Crippen LogP contribution in [0.25, 0.3) is 0 Å². The van der Waals surface area contributed by atoms with Crippen LogP contribution < -0.4 is 0 Å². The lowest BCUT2D eigenvalue weighted by molar-refractivity contribution is -0.235. The Morgan fingerprint density at radius 2 is 2.07 bits per heavy atom. The highest BCUT2D eigenvalue weighted by atomic mass is 16.6. The number of ether oxygens (including phenoxy) is 2. The molecule has 1 aliphatic heterocycles. The molecular weight excluding hydrogens is 182 g/mol. The Morgan fingerprint density at radius 1 is 1.43 bits per heavy atom. The van der Waals surface area contributed by atoms with Gasteiger partial charge in [0.25, 0.3) is 0 Å². The summed E-state index contributed by atoms with van der Waals surface area (Å²) in [6, 6.07) is 0. The van der Waals surface area contributed by atoms with E-state index in [4.69, 9.17) is 9.47 Å². The standard InChI is InChI=1S/C10H21NO3/c1-10(2,3)14-9(12)11-6-5-8(7-11)13-4/h8-9,12H,5-7H2,1-4H3. The van der Waals surface area contributed by atoms with Crippen LogP contribution >= 0.6 is 0 Å². The quantitative estimate of drug-likeness (QED) is 0.689. The van der Waals surface area contributed by atoms with Crippen molar-refractivity contribution >= 4 is 0 Å². The van der Waals surface area contributed by atoms with Crippen LogP contribution in [0.15, 0.2) is 0 Å². The molecule has 1 heterocycles. The Morgan fingerprint density at radius 3 is 2.50 bits per heavy atom. The molecule has 1 aliphatic rings. The molecule has 1 N–H and O–H groups in total. The van der Waals surface area contributed by atoms with E-state index in [1.54, 1.807) is 7.11 Å². The molecule has 0 spiro atoms. The molecule has 1 saturated heterocycles. The molecule has 14 heavy (non-hydrogen) atoms. The zero-order valence-electron chi connectivity index (χ0n) is 9.49. The third kappa shape index (κ3) is 3.53. The fourth-order valence-corrected chi connectivity index (χ4v) is 1.54. The zero-order chi connectivity index (χ0) is 10.8. The average Bonchev–Trinajstić information content (AvgIpc) is 2.48. The smallest absolute Gasteiger partial charge is 0.216 e. The van der Waals surface area contributed by atoms with Crippen molar-refractivity contribution in [2.45, 2.75) is 45.3 Å². The first kappa shape index (κ1) is 11.9. The van der Waals surface area contributed by atoms with Crippen LogP contribution in [0.5, 0.6) is 0 Å². The molecule has 1 fully saturated rings. The largest absolute Gasteiger partial charge is 0.380 e. The monoisotopic (exact) mass is 203 g/mol. The second kappa shape index (κ2) is 4.57. The van der Waals surface area contributed by atoms with Crippen molar-refractivity contribution in [2.75, 3.05) is 20.2 Å². The molecule has 1 rings (SSSR count). The number of aliphatic hydroxyl groups excluding tert-OH is 1. The van der Waals surface area contributed by atoms with Crippen molar-refractivity contribution in [2.24, 2.45) is 0 Å². The maximum atomic E-state index is 9.75. The third-order valence-corrected chi connectivity index (χ3v) is 2.28. The van der Waals surface area contributed by atoms with E-state index in [9.17, 15) is 5.11 Å². The summed E-state index contributed by atoms with van der Waals surface area (Å²) in [5, 5.41) is 9.75. The summed E-state index contributed by atoms with van der Waals surface area (Å²) < 4.78 is 10.7. The fraction of sp³-hybridized carbons (Fsp3) is 1.00. The summed E-state index contributed by atoms with van der Waals surface area (Å²) in [6.07, 6.45) is 0.379. The summed E-state index contributed by atoms with van der Waals surface area (Å²) in [4.78, 5) is 1.89. The van der Waals surface area contributed by atoms with Gasteiger partial charge in [0.05, 0.1) is 11.7 Å². The van der Waals surface area contributed by atoms with Gasteiger partial charge in [0, 0.05) is 20.2 Å². The average molecular weight is 203 g/mol. The molecular formula is C10H21NO3. The number of hydrogen-bond donors (Lipinski definition) is 1. The van der Waals surface area contributed by atoms with Crippen LogP contribution in [0.1, 0.15) is 27.2 Å². The van der Waals surface area contributed by atoms with Crippen LogP contribution in [0.3, 0.4) is 0 Å². The van der Waals surface area contributed by atoms with Gasteiger partial charge in [0.1, 0.15) is 0 Å². The van der Waals surface area contributed by atoms with Crippen molar-refractivity contribution in [3.63, 3.8) is 0 Å². The highest BCUT2D eigenvalue weighted by Gasteiger charge is 2.29. The Labute approximate surface area is 85.8 Å². The van der Waals surface area contributed by atoms with Gasteiger partial charge in [0.15, 0.2) is 0 Å². The van der Waals surface area contributed by atoms with Crippen molar-refractivity contribution in [3.05, 3.63) is 0 Å². The van der Waals surface area contributed by atoms with Gasteiger partial charge in [-0.15, -0.1) is 0 Å². The number of methoxy groups -OCH3 is 1. The number of likely N-dealkylation sites (tertiary alicyclic amines) is 1. The van der Waals surface area contributed by atoms with Gasteiger partial charge in [-0.2, -0.15) is 0 Å². The predicted molar refractivity (Wildman–Crippen MR) is 53.8 cm³/mol. The first-order valence-electron chi connectivity index (χ1n) is 5.05. The molecule has 2 atom stereocenters. The van der Waals surface area contributed by atoms with Crippen LogP contribution in [0, 0.1) is 0 Å². The molecule has 0 aliphatic carbocycles. The number of nitrogens with zero attached hydrogens (tertiary/aromatic N) is 1. The molecule has 4 heteroatoms. The van der Waals surface area contributed by atoms with E-state index in [1.807, 2.05) is 25.7 Å². The summed E-state index contributed by atoms with van der Waals surface area (Å²) in [7, 11) is 1.70. The van der Waals surface area contributed by atoms with Gasteiger partial charge in [-0.1, -0.05) is 0 Å². The lowest BCUT2D eigenvalue weighted by atomic mass is 10.2. The van der Waals surface area contributed by atoms with Crippen LogP contribution in [-0.4, -0.2) is 48.3 Å². The van der Waals surface area contributed by atoms with Crippen LogP contribution in [0.2, 0.25) is 0 Å². The molecule has 0 aromatic rings. The Hall–Kier alpha value is -0.160. The van der Waals surface area contributed by atoms with E-state index in [0.717, 1.165) is 19.5 Å². The van der Waals surface area contributed by atoms with Gasteiger partial charge in [-0.25, -0.2) is 0 Å². The second-order valence-corrected chi connectivity index (χ2v) is 4.70. The Bertz CT molecular complexity index is 179. The fourth-order valence-electron chi connectivity index (χ4n) is 1.54. The van der Waals surface area contributed by atoms with E-state index < -0.39 is 6.41 Å². The maximum Gasteiger partial charge on any atom is 0.216 e. The Kier molecular flexibility index (Phi) is 3.89. The Balaban J connectivity index is 2.35. The van der Waals surface area contributed by atoms with Crippen LogP contribution in [0.4, 0.5) is 0 Å². The molecule has 0 radical (unpaired) electrons. The number of aliphatic hydroxyl groups is 1. The van der Waals surface area contributed by atoms with E-state index in [1.165, 1.54) is 0 Å².